The Hall–Kier alpha value is -3.21. The van der Waals surface area contributed by atoms with Crippen LogP contribution in [0.3, 0.4) is 0 Å². The Bertz CT molecular complexity index is 1390. The molecule has 4 rings (SSSR count). The van der Waals surface area contributed by atoms with Crippen LogP contribution in [0.2, 0.25) is 0 Å². The fourth-order valence-electron chi connectivity index (χ4n) is 3.57. The van der Waals surface area contributed by atoms with Crippen molar-refractivity contribution in [2.24, 2.45) is 0 Å². The summed E-state index contributed by atoms with van der Waals surface area (Å²) in [5, 5.41) is 3.54. The van der Waals surface area contributed by atoms with Gasteiger partial charge >= 0.3 is 0 Å². The molecular formula is C24H25N3O5S2. The van der Waals surface area contributed by atoms with Crippen LogP contribution in [0, 0.1) is 0 Å². The molecule has 0 aliphatic rings. The molecule has 2 aromatic carbocycles. The highest BCUT2D eigenvalue weighted by molar-refractivity contribution is 7.89. The number of hydrogen-bond acceptors (Lipinski definition) is 7. The normalized spacial score (nSPS) is 11.8. The van der Waals surface area contributed by atoms with E-state index in [9.17, 15) is 13.2 Å². The maximum Gasteiger partial charge on any atom is 0.255 e. The van der Waals surface area contributed by atoms with E-state index in [0.717, 1.165) is 15.2 Å². The molecule has 1 amide bonds. The van der Waals surface area contributed by atoms with Crippen LogP contribution in [0.15, 0.2) is 63.9 Å². The summed E-state index contributed by atoms with van der Waals surface area (Å²) in [6.07, 6.45) is 0. The minimum Gasteiger partial charge on any atom is -0.496 e. The highest BCUT2D eigenvalue weighted by atomic mass is 32.2. The smallest absolute Gasteiger partial charge is 0.255 e. The second kappa shape index (κ2) is 9.96. The van der Waals surface area contributed by atoms with E-state index in [1.165, 1.54) is 41.0 Å². The molecule has 0 unspecified atom stereocenters. The minimum absolute atomic E-state index is 0.0401. The van der Waals surface area contributed by atoms with Crippen molar-refractivity contribution in [3.63, 3.8) is 0 Å². The Labute approximate surface area is 202 Å². The molecule has 4 aromatic rings. The second-order valence-corrected chi connectivity index (χ2v) is 10.4. The summed E-state index contributed by atoms with van der Waals surface area (Å²) in [7, 11) is -2.28. The Morgan fingerprint density at radius 2 is 1.88 bits per heavy atom. The lowest BCUT2D eigenvalue weighted by Gasteiger charge is -2.19. The van der Waals surface area contributed by atoms with E-state index in [-0.39, 0.29) is 22.8 Å². The van der Waals surface area contributed by atoms with Crippen LogP contribution in [-0.2, 0) is 16.6 Å². The molecule has 34 heavy (non-hydrogen) atoms. The lowest BCUT2D eigenvalue weighted by Crippen LogP contribution is -2.31. The molecule has 0 aliphatic heterocycles. The van der Waals surface area contributed by atoms with Crippen LogP contribution in [-0.4, -0.2) is 43.8 Å². The number of methoxy groups -OCH3 is 1. The van der Waals surface area contributed by atoms with Gasteiger partial charge in [0.15, 0.2) is 10.8 Å². The van der Waals surface area contributed by atoms with Crippen LogP contribution in [0.5, 0.6) is 5.75 Å². The van der Waals surface area contributed by atoms with Gasteiger partial charge in [0.05, 0.1) is 34.3 Å². The van der Waals surface area contributed by atoms with Gasteiger partial charge in [-0.15, -0.1) is 11.3 Å². The van der Waals surface area contributed by atoms with Gasteiger partial charge in [-0.3, -0.25) is 4.79 Å². The number of para-hydroxylation sites is 1. The van der Waals surface area contributed by atoms with E-state index < -0.39 is 15.9 Å². The van der Waals surface area contributed by atoms with Crippen molar-refractivity contribution in [1.29, 1.82) is 0 Å². The summed E-state index contributed by atoms with van der Waals surface area (Å²) >= 11 is 1.53. The minimum atomic E-state index is -3.71. The highest BCUT2D eigenvalue weighted by Gasteiger charge is 2.24. The van der Waals surface area contributed by atoms with Gasteiger partial charge < -0.3 is 14.5 Å². The number of nitrogens with one attached hydrogen (secondary N) is 1. The number of thiazole rings is 1. The van der Waals surface area contributed by atoms with E-state index in [0.29, 0.717) is 24.6 Å². The van der Waals surface area contributed by atoms with Gasteiger partial charge in [0.1, 0.15) is 11.5 Å². The average Bonchev–Trinajstić information content (AvgIpc) is 3.49. The molecule has 1 N–H and O–H groups in total. The lowest BCUT2D eigenvalue weighted by atomic mass is 10.2. The molecule has 0 aliphatic carbocycles. The zero-order valence-corrected chi connectivity index (χ0v) is 20.7. The van der Waals surface area contributed by atoms with Gasteiger partial charge in [0.25, 0.3) is 5.91 Å². The number of carbonyl (C=O) groups is 1. The van der Waals surface area contributed by atoms with E-state index in [1.807, 2.05) is 30.3 Å². The third kappa shape index (κ3) is 4.70. The molecule has 10 heteroatoms. The molecule has 0 atom stereocenters. The first-order valence-electron chi connectivity index (χ1n) is 10.8. The van der Waals surface area contributed by atoms with E-state index >= 15 is 0 Å². The largest absolute Gasteiger partial charge is 0.496 e. The lowest BCUT2D eigenvalue weighted by molar-refractivity contribution is 0.0945. The molecular weight excluding hydrogens is 474 g/mol. The topological polar surface area (TPSA) is 102 Å². The first-order chi connectivity index (χ1) is 16.4. The Morgan fingerprint density at radius 1 is 1.12 bits per heavy atom. The van der Waals surface area contributed by atoms with E-state index in [4.69, 9.17) is 9.15 Å². The summed E-state index contributed by atoms with van der Waals surface area (Å²) in [5.74, 6) is 0.987. The van der Waals surface area contributed by atoms with Gasteiger partial charge in [-0.2, -0.15) is 4.31 Å². The molecule has 0 fully saturated rings. The SMILES string of the molecule is CCN(CC)S(=O)(=O)c1ccc(OC)c(C(=O)NCc2ccc(-c3nc4ccccc4s3)o2)c1. The summed E-state index contributed by atoms with van der Waals surface area (Å²) in [6.45, 7) is 4.33. The second-order valence-electron chi connectivity index (χ2n) is 7.39. The van der Waals surface area contributed by atoms with Gasteiger partial charge in [-0.05, 0) is 42.5 Å². The first kappa shape index (κ1) is 23.9. The summed E-state index contributed by atoms with van der Waals surface area (Å²) < 4.78 is 39.3. The maximum absolute atomic E-state index is 12.9. The van der Waals surface area contributed by atoms with Crippen LogP contribution in [0.25, 0.3) is 21.0 Å². The Morgan fingerprint density at radius 3 is 2.59 bits per heavy atom. The van der Waals surface area contributed by atoms with Crippen molar-refractivity contribution in [3.05, 3.63) is 65.9 Å². The quantitative estimate of drug-likeness (QED) is 0.363. The number of aromatic nitrogens is 1. The van der Waals surface area contributed by atoms with Gasteiger partial charge in [0.2, 0.25) is 10.0 Å². The molecule has 0 radical (unpaired) electrons. The van der Waals surface area contributed by atoms with Crippen molar-refractivity contribution in [3.8, 4) is 16.5 Å². The predicted octanol–water partition coefficient (Wildman–Crippen LogP) is 4.53. The maximum atomic E-state index is 12.9. The number of nitrogens with zero attached hydrogens (tertiary/aromatic N) is 2. The summed E-state index contributed by atoms with van der Waals surface area (Å²) in [5.41, 5.74) is 1.04. The van der Waals surface area contributed by atoms with Crippen LogP contribution in [0.4, 0.5) is 0 Å². The molecule has 178 valence electrons. The number of sulfonamides is 1. The fourth-order valence-corrected chi connectivity index (χ4v) is 5.98. The van der Waals surface area contributed by atoms with Crippen LogP contribution < -0.4 is 10.1 Å². The third-order valence-corrected chi connectivity index (χ3v) is 8.45. The van der Waals surface area contributed by atoms with Crippen molar-refractivity contribution < 1.29 is 22.4 Å². The van der Waals surface area contributed by atoms with Crippen molar-refractivity contribution in [2.45, 2.75) is 25.3 Å². The molecule has 0 spiro atoms. The van der Waals surface area contributed by atoms with Crippen LogP contribution in [0.1, 0.15) is 30.0 Å². The van der Waals surface area contributed by atoms with Crippen molar-refractivity contribution in [2.75, 3.05) is 20.2 Å². The number of benzene rings is 2. The molecule has 2 heterocycles. The van der Waals surface area contributed by atoms with Crippen LogP contribution >= 0.6 is 11.3 Å². The monoisotopic (exact) mass is 499 g/mol. The first-order valence-corrected chi connectivity index (χ1v) is 13.0. The number of hydrogen-bond donors (Lipinski definition) is 1. The van der Waals surface area contributed by atoms with Gasteiger partial charge in [-0.25, -0.2) is 13.4 Å². The molecule has 8 nitrogen and oxygen atoms in total. The number of ether oxygens (including phenoxy) is 1. The summed E-state index contributed by atoms with van der Waals surface area (Å²) in [4.78, 5) is 17.6. The highest BCUT2D eigenvalue weighted by Crippen LogP contribution is 2.31. The zero-order valence-electron chi connectivity index (χ0n) is 19.1. The fraction of sp³-hybridized carbons (Fsp3) is 0.250. The summed E-state index contributed by atoms with van der Waals surface area (Å²) in [6, 6.07) is 15.7. The third-order valence-electron chi connectivity index (χ3n) is 5.35. The predicted molar refractivity (Wildman–Crippen MR) is 132 cm³/mol. The van der Waals surface area contributed by atoms with Crippen molar-refractivity contribution >= 4 is 37.5 Å². The number of carbonyl (C=O) groups excluding carboxylic acids is 1. The Kier molecular flexibility index (Phi) is 7.01. The van der Waals surface area contributed by atoms with Gasteiger partial charge in [0, 0.05) is 13.1 Å². The molecule has 0 saturated carbocycles. The van der Waals surface area contributed by atoms with Crippen molar-refractivity contribution in [1.82, 2.24) is 14.6 Å². The molecule has 2 aromatic heterocycles. The average molecular weight is 500 g/mol. The van der Waals surface area contributed by atoms with Gasteiger partial charge in [-0.1, -0.05) is 26.0 Å². The number of furan rings is 1. The molecule has 0 saturated heterocycles. The van der Waals surface area contributed by atoms with E-state index in [2.05, 4.69) is 10.3 Å². The standard InChI is InChI=1S/C24H25N3O5S2/c1-4-27(5-2)34(29,30)17-11-13-20(31-3)18(14-17)23(28)25-15-16-10-12-21(32-16)24-26-19-8-6-7-9-22(19)33-24/h6-14H,4-5,15H2,1-3H3,(H,25,28). The number of rotatable bonds is 9. The number of fused-ring (bicyclic) bond motifs is 1. The Balaban J connectivity index is 1.52. The number of amides is 1. The zero-order chi connectivity index (χ0) is 24.3. The molecule has 0 bridgehead atoms. The van der Waals surface area contributed by atoms with E-state index in [1.54, 1.807) is 19.9 Å².